The molecule has 12 rings (SSSR count). The SMILES string of the molecule is CC1(C)c2cc(N(c3ccccc3)c3ccc(-c4ccc5ccccc5c4)cc3)ccc2-c2ccc(-n3c4ccccc4c4cc5c(cc43)C(C)(C)c3ccccc3-5)cc21. The molecule has 60 heavy (non-hydrogen) atoms. The highest BCUT2D eigenvalue weighted by Gasteiger charge is 2.38. The van der Waals surface area contributed by atoms with E-state index in [-0.39, 0.29) is 10.8 Å². The molecule has 0 radical (unpaired) electrons. The van der Waals surface area contributed by atoms with E-state index in [1.807, 2.05) is 0 Å². The molecule has 286 valence electrons. The first-order chi connectivity index (χ1) is 29.3. The van der Waals surface area contributed by atoms with Crippen LogP contribution in [0, 0.1) is 0 Å². The molecule has 0 fully saturated rings. The molecule has 0 unspecified atom stereocenters. The van der Waals surface area contributed by atoms with E-state index in [4.69, 9.17) is 0 Å². The summed E-state index contributed by atoms with van der Waals surface area (Å²) in [6, 6.07) is 72.2. The Morgan fingerprint density at radius 1 is 0.350 bits per heavy atom. The third-order valence-electron chi connectivity index (χ3n) is 13.8. The third-order valence-corrected chi connectivity index (χ3v) is 13.8. The molecule has 10 aromatic rings. The summed E-state index contributed by atoms with van der Waals surface area (Å²) in [5.74, 6) is 0. The lowest BCUT2D eigenvalue weighted by Crippen LogP contribution is -2.17. The van der Waals surface area contributed by atoms with Gasteiger partial charge >= 0.3 is 0 Å². The molecule has 0 aliphatic heterocycles. The number of para-hydroxylation sites is 2. The van der Waals surface area contributed by atoms with E-state index in [0.717, 1.165) is 17.1 Å². The Morgan fingerprint density at radius 3 is 1.78 bits per heavy atom. The van der Waals surface area contributed by atoms with Gasteiger partial charge in [-0.15, -0.1) is 0 Å². The number of aromatic nitrogens is 1. The minimum Gasteiger partial charge on any atom is -0.310 e. The number of benzene rings is 9. The number of nitrogens with zero attached hydrogens (tertiary/aromatic N) is 2. The van der Waals surface area contributed by atoms with E-state index in [0.29, 0.717) is 0 Å². The summed E-state index contributed by atoms with van der Waals surface area (Å²) >= 11 is 0. The number of hydrogen-bond donors (Lipinski definition) is 0. The summed E-state index contributed by atoms with van der Waals surface area (Å²) in [7, 11) is 0. The van der Waals surface area contributed by atoms with E-state index < -0.39 is 0 Å². The third kappa shape index (κ3) is 5.01. The molecule has 1 heterocycles. The van der Waals surface area contributed by atoms with E-state index >= 15 is 0 Å². The van der Waals surface area contributed by atoms with Gasteiger partial charge in [-0.1, -0.05) is 149 Å². The molecular weight excluding hydrogens is 725 g/mol. The smallest absolute Gasteiger partial charge is 0.0544 e. The highest BCUT2D eigenvalue weighted by atomic mass is 15.1. The summed E-state index contributed by atoms with van der Waals surface area (Å²) < 4.78 is 2.51. The molecule has 0 spiro atoms. The molecular formula is C58H44N2. The van der Waals surface area contributed by atoms with Crippen molar-refractivity contribution in [1.82, 2.24) is 4.57 Å². The van der Waals surface area contributed by atoms with Gasteiger partial charge in [-0.2, -0.15) is 0 Å². The second-order valence-corrected chi connectivity index (χ2v) is 17.8. The Morgan fingerprint density at radius 2 is 0.950 bits per heavy atom. The lowest BCUT2D eigenvalue weighted by Gasteiger charge is -2.28. The average molecular weight is 769 g/mol. The maximum atomic E-state index is 2.51. The van der Waals surface area contributed by atoms with Gasteiger partial charge in [-0.3, -0.25) is 0 Å². The van der Waals surface area contributed by atoms with Crippen LogP contribution < -0.4 is 4.90 Å². The second-order valence-electron chi connectivity index (χ2n) is 17.8. The fraction of sp³-hybridized carbons (Fsp3) is 0.103. The predicted octanol–water partition coefficient (Wildman–Crippen LogP) is 15.7. The fourth-order valence-corrected chi connectivity index (χ4v) is 10.6. The van der Waals surface area contributed by atoms with Gasteiger partial charge in [0.05, 0.1) is 11.0 Å². The largest absolute Gasteiger partial charge is 0.310 e. The minimum absolute atomic E-state index is 0.0758. The molecule has 2 aliphatic rings. The Labute approximate surface area is 351 Å². The van der Waals surface area contributed by atoms with E-state index in [1.54, 1.807) is 0 Å². The quantitative estimate of drug-likeness (QED) is 0.169. The van der Waals surface area contributed by atoms with Crippen LogP contribution in [0.5, 0.6) is 0 Å². The summed E-state index contributed by atoms with van der Waals surface area (Å²) in [4.78, 5) is 2.39. The first-order valence-corrected chi connectivity index (χ1v) is 21.2. The maximum Gasteiger partial charge on any atom is 0.0544 e. The summed E-state index contributed by atoms with van der Waals surface area (Å²) in [6.45, 7) is 9.55. The molecule has 0 amide bonds. The molecule has 2 heteroatoms. The van der Waals surface area contributed by atoms with Crippen molar-refractivity contribution in [3.63, 3.8) is 0 Å². The van der Waals surface area contributed by atoms with Crippen LogP contribution in [0.25, 0.3) is 71.6 Å². The monoisotopic (exact) mass is 768 g/mol. The summed E-state index contributed by atoms with van der Waals surface area (Å²) in [6.07, 6.45) is 0. The van der Waals surface area contributed by atoms with Gasteiger partial charge in [0.1, 0.15) is 0 Å². The molecule has 2 aliphatic carbocycles. The highest BCUT2D eigenvalue weighted by Crippen LogP contribution is 2.53. The summed E-state index contributed by atoms with van der Waals surface area (Å²) in [5, 5.41) is 5.11. The van der Waals surface area contributed by atoms with Crippen molar-refractivity contribution in [3.8, 4) is 39.1 Å². The van der Waals surface area contributed by atoms with Crippen molar-refractivity contribution in [1.29, 1.82) is 0 Å². The van der Waals surface area contributed by atoms with Crippen LogP contribution in [0.4, 0.5) is 17.1 Å². The number of hydrogen-bond acceptors (Lipinski definition) is 1. The van der Waals surface area contributed by atoms with Crippen LogP contribution in [0.2, 0.25) is 0 Å². The summed E-state index contributed by atoms with van der Waals surface area (Å²) in [5.41, 5.74) is 20.1. The molecule has 2 nitrogen and oxygen atoms in total. The van der Waals surface area contributed by atoms with Crippen LogP contribution in [0.1, 0.15) is 49.9 Å². The van der Waals surface area contributed by atoms with E-state index in [2.05, 4.69) is 231 Å². The second kappa shape index (κ2) is 12.7. The van der Waals surface area contributed by atoms with Crippen molar-refractivity contribution in [2.45, 2.75) is 38.5 Å². The molecule has 0 bridgehead atoms. The standard InChI is InChI=1S/C58H44N2/c1-57(2)51-20-12-10-18-45(51)49-35-50-48-19-11-13-21-55(48)60(56(50)36-54(49)57)44-29-31-47-46-30-28-43(33-52(46)58(3,4)53(47)34-44)59(41-16-6-5-7-17-41)42-26-24-38(25-27-42)40-23-22-37-14-8-9-15-39(37)32-40/h5-36H,1-4H3. The lowest BCUT2D eigenvalue weighted by atomic mass is 9.82. The molecule has 0 saturated carbocycles. The van der Waals surface area contributed by atoms with Crippen LogP contribution >= 0.6 is 0 Å². The van der Waals surface area contributed by atoms with E-state index in [9.17, 15) is 0 Å². The Balaban J connectivity index is 0.955. The van der Waals surface area contributed by atoms with Crippen LogP contribution in [-0.2, 0) is 10.8 Å². The first kappa shape index (κ1) is 34.8. The van der Waals surface area contributed by atoms with Crippen molar-refractivity contribution < 1.29 is 0 Å². The van der Waals surface area contributed by atoms with Gasteiger partial charge in [-0.05, 0) is 139 Å². The zero-order valence-electron chi connectivity index (χ0n) is 34.4. The molecule has 0 atom stereocenters. The normalized spacial score (nSPS) is 14.3. The predicted molar refractivity (Wildman–Crippen MR) is 254 cm³/mol. The van der Waals surface area contributed by atoms with Crippen LogP contribution in [0.15, 0.2) is 194 Å². The zero-order valence-corrected chi connectivity index (χ0v) is 34.4. The van der Waals surface area contributed by atoms with Crippen molar-refractivity contribution in [2.75, 3.05) is 4.90 Å². The molecule has 0 N–H and O–H groups in total. The highest BCUT2D eigenvalue weighted by molar-refractivity contribution is 6.11. The molecule has 0 saturated heterocycles. The maximum absolute atomic E-state index is 2.51. The van der Waals surface area contributed by atoms with Gasteiger partial charge in [0.25, 0.3) is 0 Å². The Kier molecular flexibility index (Phi) is 7.36. The number of rotatable bonds is 5. The zero-order chi connectivity index (χ0) is 40.3. The van der Waals surface area contributed by atoms with Gasteiger partial charge in [0.2, 0.25) is 0 Å². The minimum atomic E-state index is -0.220. The topological polar surface area (TPSA) is 8.17 Å². The lowest BCUT2D eigenvalue weighted by molar-refractivity contribution is 0.659. The van der Waals surface area contributed by atoms with Gasteiger partial charge in [0.15, 0.2) is 0 Å². The van der Waals surface area contributed by atoms with Crippen LogP contribution in [0.3, 0.4) is 0 Å². The van der Waals surface area contributed by atoms with E-state index in [1.165, 1.54) is 93.9 Å². The fourth-order valence-electron chi connectivity index (χ4n) is 10.6. The van der Waals surface area contributed by atoms with Gasteiger partial charge in [-0.25, -0.2) is 0 Å². The van der Waals surface area contributed by atoms with Gasteiger partial charge in [0, 0.05) is 44.4 Å². The van der Waals surface area contributed by atoms with Crippen molar-refractivity contribution >= 4 is 49.6 Å². The van der Waals surface area contributed by atoms with Crippen molar-refractivity contribution in [3.05, 3.63) is 216 Å². The molecule has 9 aromatic carbocycles. The Bertz CT molecular complexity index is 3360. The number of anilines is 3. The average Bonchev–Trinajstić information content (AvgIpc) is 3.82. The number of fused-ring (bicyclic) bond motifs is 10. The van der Waals surface area contributed by atoms with Crippen molar-refractivity contribution in [2.24, 2.45) is 0 Å². The van der Waals surface area contributed by atoms with Crippen LogP contribution in [-0.4, -0.2) is 4.57 Å². The Hall–Kier alpha value is -7.16. The molecule has 1 aromatic heterocycles. The van der Waals surface area contributed by atoms with Gasteiger partial charge < -0.3 is 9.47 Å². The first-order valence-electron chi connectivity index (χ1n) is 21.2.